The van der Waals surface area contributed by atoms with Gasteiger partial charge >= 0.3 is 0 Å². The van der Waals surface area contributed by atoms with Crippen molar-refractivity contribution >= 4 is 11.8 Å². The van der Waals surface area contributed by atoms with Gasteiger partial charge in [-0.2, -0.15) is 0 Å². The van der Waals surface area contributed by atoms with E-state index < -0.39 is 0 Å². The zero-order valence-corrected chi connectivity index (χ0v) is 16.0. The minimum atomic E-state index is 0.547. The van der Waals surface area contributed by atoms with Crippen LogP contribution >= 0.6 is 11.8 Å². The quantitative estimate of drug-likeness (QED) is 0.461. The maximum atomic E-state index is 5.61. The van der Waals surface area contributed by atoms with Gasteiger partial charge in [-0.1, -0.05) is 66.7 Å². The fourth-order valence-corrected chi connectivity index (χ4v) is 3.47. The Kier molecular flexibility index (Phi) is 5.02. The monoisotopic (exact) mass is 377 g/mol. The lowest BCUT2D eigenvalue weighted by atomic mass is 10.2. The molecule has 0 N–H and O–H groups in total. The van der Waals surface area contributed by atoms with Gasteiger partial charge in [-0.05, 0) is 19.1 Å². The van der Waals surface area contributed by atoms with Gasteiger partial charge in [0.25, 0.3) is 0 Å². The SMILES string of the molecule is CCc1nnc(CSc2nnc(-c3ccccc3)n2-c2ccc(C)cc2)o1. The minimum absolute atomic E-state index is 0.547. The van der Waals surface area contributed by atoms with Gasteiger partial charge in [-0.15, -0.1) is 20.4 Å². The summed E-state index contributed by atoms with van der Waals surface area (Å²) in [5.41, 5.74) is 3.25. The normalized spacial score (nSPS) is 11.0. The molecular formula is C20H19N5OS. The van der Waals surface area contributed by atoms with Crippen molar-refractivity contribution in [1.29, 1.82) is 0 Å². The Bertz CT molecular complexity index is 1020. The summed E-state index contributed by atoms with van der Waals surface area (Å²) in [7, 11) is 0. The molecule has 0 saturated carbocycles. The van der Waals surface area contributed by atoms with E-state index in [9.17, 15) is 0 Å². The number of rotatable bonds is 6. The molecule has 2 heterocycles. The molecule has 0 spiro atoms. The van der Waals surface area contributed by atoms with Gasteiger partial charge in [0, 0.05) is 17.7 Å². The summed E-state index contributed by atoms with van der Waals surface area (Å²) in [5.74, 6) is 2.60. The first-order valence-electron chi connectivity index (χ1n) is 8.76. The summed E-state index contributed by atoms with van der Waals surface area (Å²) in [4.78, 5) is 0. The van der Waals surface area contributed by atoms with Crippen LogP contribution in [0.25, 0.3) is 17.1 Å². The molecule has 0 saturated heterocycles. The standard InChI is InChI=1S/C20H19N5OS/c1-3-17-21-22-18(26-17)13-27-20-24-23-19(15-7-5-4-6-8-15)25(20)16-11-9-14(2)10-12-16/h4-12H,3,13H2,1-2H3. The van der Waals surface area contributed by atoms with Gasteiger partial charge < -0.3 is 4.42 Å². The Morgan fingerprint density at radius 2 is 1.63 bits per heavy atom. The molecule has 0 unspecified atom stereocenters. The highest BCUT2D eigenvalue weighted by atomic mass is 32.2. The number of thioether (sulfide) groups is 1. The summed E-state index contributed by atoms with van der Waals surface area (Å²) in [6.45, 7) is 4.06. The molecule has 0 amide bonds. The van der Waals surface area contributed by atoms with Gasteiger partial charge in [0.2, 0.25) is 11.8 Å². The van der Waals surface area contributed by atoms with E-state index in [1.54, 1.807) is 0 Å². The third-order valence-electron chi connectivity index (χ3n) is 4.09. The number of aromatic nitrogens is 5. The number of hydrogen-bond donors (Lipinski definition) is 0. The molecule has 136 valence electrons. The number of aryl methyl sites for hydroxylation is 2. The van der Waals surface area contributed by atoms with E-state index in [0.717, 1.165) is 28.7 Å². The topological polar surface area (TPSA) is 69.6 Å². The highest BCUT2D eigenvalue weighted by Gasteiger charge is 2.17. The van der Waals surface area contributed by atoms with Crippen molar-refractivity contribution in [3.05, 3.63) is 71.9 Å². The molecule has 0 aliphatic carbocycles. The van der Waals surface area contributed by atoms with E-state index in [2.05, 4.69) is 56.2 Å². The van der Waals surface area contributed by atoms with Crippen molar-refractivity contribution < 1.29 is 4.42 Å². The molecule has 0 atom stereocenters. The fraction of sp³-hybridized carbons (Fsp3) is 0.200. The molecule has 0 aliphatic heterocycles. The zero-order valence-electron chi connectivity index (χ0n) is 15.2. The summed E-state index contributed by atoms with van der Waals surface area (Å²) in [5, 5.41) is 17.8. The molecule has 7 heteroatoms. The molecule has 2 aromatic carbocycles. The molecule has 6 nitrogen and oxygen atoms in total. The Morgan fingerprint density at radius 3 is 2.33 bits per heavy atom. The van der Waals surface area contributed by atoms with Crippen LogP contribution in [0.15, 0.2) is 64.2 Å². The van der Waals surface area contributed by atoms with E-state index in [-0.39, 0.29) is 0 Å². The molecule has 0 radical (unpaired) electrons. The molecule has 4 aromatic rings. The first-order chi connectivity index (χ1) is 13.2. The molecule has 0 aliphatic rings. The van der Waals surface area contributed by atoms with Gasteiger partial charge in [0.1, 0.15) is 0 Å². The average molecular weight is 377 g/mol. The highest BCUT2D eigenvalue weighted by molar-refractivity contribution is 7.98. The number of hydrogen-bond acceptors (Lipinski definition) is 6. The van der Waals surface area contributed by atoms with E-state index in [1.165, 1.54) is 17.3 Å². The largest absolute Gasteiger partial charge is 0.424 e. The van der Waals surface area contributed by atoms with Crippen LogP contribution < -0.4 is 0 Å². The van der Waals surface area contributed by atoms with E-state index in [4.69, 9.17) is 4.42 Å². The van der Waals surface area contributed by atoms with E-state index >= 15 is 0 Å². The molecular weight excluding hydrogens is 358 g/mol. The van der Waals surface area contributed by atoms with Crippen LogP contribution in [0.3, 0.4) is 0 Å². The minimum Gasteiger partial charge on any atom is -0.424 e. The van der Waals surface area contributed by atoms with Crippen LogP contribution in [-0.4, -0.2) is 25.0 Å². The van der Waals surface area contributed by atoms with Gasteiger partial charge in [-0.25, -0.2) is 0 Å². The Morgan fingerprint density at radius 1 is 0.889 bits per heavy atom. The maximum absolute atomic E-state index is 5.61. The van der Waals surface area contributed by atoms with Crippen molar-refractivity contribution in [2.45, 2.75) is 31.2 Å². The smallest absolute Gasteiger partial charge is 0.226 e. The third kappa shape index (κ3) is 3.78. The van der Waals surface area contributed by atoms with Crippen LogP contribution in [-0.2, 0) is 12.2 Å². The number of nitrogens with zero attached hydrogens (tertiary/aromatic N) is 5. The maximum Gasteiger partial charge on any atom is 0.226 e. The predicted octanol–water partition coefficient (Wildman–Crippen LogP) is 4.48. The second-order valence-corrected chi connectivity index (χ2v) is 7.02. The summed E-state index contributed by atoms with van der Waals surface area (Å²) >= 11 is 1.53. The summed E-state index contributed by atoms with van der Waals surface area (Å²) in [6, 6.07) is 18.4. The molecule has 27 heavy (non-hydrogen) atoms. The van der Waals surface area contributed by atoms with Crippen LogP contribution in [0.2, 0.25) is 0 Å². The highest BCUT2D eigenvalue weighted by Crippen LogP contribution is 2.29. The van der Waals surface area contributed by atoms with Crippen molar-refractivity contribution in [3.63, 3.8) is 0 Å². The lowest BCUT2D eigenvalue weighted by Gasteiger charge is -2.10. The zero-order chi connectivity index (χ0) is 18.6. The van der Waals surface area contributed by atoms with Crippen LogP contribution in [0.4, 0.5) is 0 Å². The van der Waals surface area contributed by atoms with E-state index in [1.807, 2.05) is 37.3 Å². The van der Waals surface area contributed by atoms with E-state index in [0.29, 0.717) is 17.5 Å². The van der Waals surface area contributed by atoms with Crippen LogP contribution in [0.5, 0.6) is 0 Å². The Balaban J connectivity index is 1.70. The second-order valence-electron chi connectivity index (χ2n) is 6.07. The van der Waals surface area contributed by atoms with Gasteiger partial charge in [0.05, 0.1) is 5.75 Å². The summed E-state index contributed by atoms with van der Waals surface area (Å²) in [6.07, 6.45) is 0.732. The third-order valence-corrected chi connectivity index (χ3v) is 5.01. The average Bonchev–Trinajstić information content (AvgIpc) is 3.34. The predicted molar refractivity (Wildman–Crippen MR) is 105 cm³/mol. The lowest BCUT2D eigenvalue weighted by molar-refractivity contribution is 0.470. The van der Waals surface area contributed by atoms with Crippen molar-refractivity contribution in [3.8, 4) is 17.1 Å². The van der Waals surface area contributed by atoms with Crippen molar-refractivity contribution in [2.24, 2.45) is 0 Å². The fourth-order valence-electron chi connectivity index (χ4n) is 2.68. The van der Waals surface area contributed by atoms with Gasteiger partial charge in [-0.3, -0.25) is 4.57 Å². The molecule has 4 rings (SSSR count). The van der Waals surface area contributed by atoms with Crippen molar-refractivity contribution in [1.82, 2.24) is 25.0 Å². The molecule has 0 fully saturated rings. The van der Waals surface area contributed by atoms with Crippen LogP contribution in [0.1, 0.15) is 24.3 Å². The molecule has 0 bridgehead atoms. The first kappa shape index (κ1) is 17.5. The lowest BCUT2D eigenvalue weighted by Crippen LogP contribution is -2.00. The van der Waals surface area contributed by atoms with Gasteiger partial charge in [0.15, 0.2) is 11.0 Å². The van der Waals surface area contributed by atoms with Crippen molar-refractivity contribution in [2.75, 3.05) is 0 Å². The molecule has 2 aromatic heterocycles. The Labute approximate surface area is 161 Å². The first-order valence-corrected chi connectivity index (χ1v) is 9.75. The van der Waals surface area contributed by atoms with Crippen LogP contribution in [0, 0.1) is 6.92 Å². The second kappa shape index (κ2) is 7.75. The summed E-state index contributed by atoms with van der Waals surface area (Å²) < 4.78 is 7.67. The Hall–Kier alpha value is -2.93. The number of benzene rings is 2.